The zero-order valence-corrected chi connectivity index (χ0v) is 22.9. The van der Waals surface area contributed by atoms with Crippen LogP contribution in [0.15, 0.2) is 58.1 Å². The van der Waals surface area contributed by atoms with E-state index in [1.165, 1.54) is 49.9 Å². The van der Waals surface area contributed by atoms with E-state index in [2.05, 4.69) is 23.0 Å². The number of hydrogen-bond acceptors (Lipinski definition) is 6. The van der Waals surface area contributed by atoms with Crippen molar-refractivity contribution in [1.82, 2.24) is 5.32 Å². The highest BCUT2D eigenvalue weighted by Gasteiger charge is 2.22. The van der Waals surface area contributed by atoms with Crippen LogP contribution < -0.4 is 19.5 Å². The van der Waals surface area contributed by atoms with Gasteiger partial charge in [0.2, 0.25) is 0 Å². The molecule has 4 rings (SSSR count). The Hall–Kier alpha value is -2.55. The summed E-state index contributed by atoms with van der Waals surface area (Å²) in [6.07, 6.45) is 7.96. The van der Waals surface area contributed by atoms with Crippen LogP contribution in [0.5, 0.6) is 11.5 Å². The quantitative estimate of drug-likeness (QED) is 0.290. The van der Waals surface area contributed by atoms with E-state index in [1.807, 2.05) is 24.3 Å². The number of ether oxygens (including phenoxy) is 2. The SMILES string of the molecule is COc1cc(NS(=O)(=O)c2cccs2)c(OC)c(-c2ccccc2CN[C@@H](C)CC2CCCCC2)c1. The highest BCUT2D eigenvalue weighted by atomic mass is 32.2. The van der Waals surface area contributed by atoms with Gasteiger partial charge in [-0.2, -0.15) is 0 Å². The van der Waals surface area contributed by atoms with Gasteiger partial charge in [0.25, 0.3) is 10.0 Å². The maximum Gasteiger partial charge on any atom is 0.271 e. The van der Waals surface area contributed by atoms with Gasteiger partial charge in [-0.1, -0.05) is 62.4 Å². The minimum absolute atomic E-state index is 0.241. The average Bonchev–Trinajstić information content (AvgIpc) is 3.44. The molecule has 0 amide bonds. The molecule has 3 aromatic rings. The first-order valence-corrected chi connectivity index (χ1v) is 14.9. The maximum absolute atomic E-state index is 13.0. The Morgan fingerprint density at radius 3 is 2.47 bits per heavy atom. The van der Waals surface area contributed by atoms with Gasteiger partial charge in [-0.25, -0.2) is 8.42 Å². The second-order valence-corrected chi connectivity index (χ2v) is 12.3. The van der Waals surface area contributed by atoms with E-state index in [1.54, 1.807) is 37.8 Å². The van der Waals surface area contributed by atoms with E-state index in [0.29, 0.717) is 29.8 Å². The Morgan fingerprint density at radius 1 is 1.00 bits per heavy atom. The molecule has 1 aromatic heterocycles. The summed E-state index contributed by atoms with van der Waals surface area (Å²) < 4.78 is 40.2. The first-order chi connectivity index (χ1) is 17.4. The number of hydrogen-bond donors (Lipinski definition) is 2. The molecule has 0 bridgehead atoms. The summed E-state index contributed by atoms with van der Waals surface area (Å²) in [5.41, 5.74) is 3.21. The summed E-state index contributed by atoms with van der Waals surface area (Å²) in [7, 11) is -0.622. The second kappa shape index (κ2) is 12.1. The molecule has 1 aliphatic rings. The van der Waals surface area contributed by atoms with Crippen LogP contribution in [0.3, 0.4) is 0 Å². The van der Waals surface area contributed by atoms with Gasteiger partial charge >= 0.3 is 0 Å². The second-order valence-electron chi connectivity index (χ2n) is 9.47. The van der Waals surface area contributed by atoms with Gasteiger partial charge in [-0.15, -0.1) is 11.3 Å². The molecule has 194 valence electrons. The molecule has 1 aliphatic carbocycles. The normalized spacial score (nSPS) is 15.4. The van der Waals surface area contributed by atoms with Crippen LogP contribution in [0.1, 0.15) is 51.0 Å². The molecule has 0 saturated heterocycles. The van der Waals surface area contributed by atoms with Crippen LogP contribution in [0.4, 0.5) is 5.69 Å². The van der Waals surface area contributed by atoms with Crippen molar-refractivity contribution in [2.75, 3.05) is 18.9 Å². The van der Waals surface area contributed by atoms with Crippen LogP contribution in [0, 0.1) is 5.92 Å². The van der Waals surface area contributed by atoms with Crippen molar-refractivity contribution in [1.29, 1.82) is 0 Å². The molecule has 0 spiro atoms. The van der Waals surface area contributed by atoms with E-state index < -0.39 is 10.0 Å². The van der Waals surface area contributed by atoms with Crippen LogP contribution in [0.25, 0.3) is 11.1 Å². The van der Waals surface area contributed by atoms with Crippen LogP contribution >= 0.6 is 11.3 Å². The van der Waals surface area contributed by atoms with Crippen molar-refractivity contribution in [3.05, 3.63) is 59.5 Å². The van der Waals surface area contributed by atoms with E-state index in [0.717, 1.165) is 22.6 Å². The van der Waals surface area contributed by atoms with Crippen molar-refractivity contribution in [2.24, 2.45) is 5.92 Å². The fraction of sp³-hybridized carbons (Fsp3) is 0.429. The van der Waals surface area contributed by atoms with Crippen LogP contribution in [0.2, 0.25) is 0 Å². The average molecular weight is 529 g/mol. The third kappa shape index (κ3) is 6.41. The molecule has 8 heteroatoms. The molecule has 0 aliphatic heterocycles. The number of sulfonamides is 1. The molecule has 1 saturated carbocycles. The van der Waals surface area contributed by atoms with Crippen molar-refractivity contribution < 1.29 is 17.9 Å². The number of nitrogens with one attached hydrogen (secondary N) is 2. The summed E-state index contributed by atoms with van der Waals surface area (Å²) in [4.78, 5) is 0. The smallest absolute Gasteiger partial charge is 0.271 e. The van der Waals surface area contributed by atoms with Crippen molar-refractivity contribution in [3.8, 4) is 22.6 Å². The summed E-state index contributed by atoms with van der Waals surface area (Å²) in [6, 6.07) is 15.4. The van der Waals surface area contributed by atoms with Crippen molar-refractivity contribution >= 4 is 27.0 Å². The molecule has 1 heterocycles. The Balaban J connectivity index is 1.62. The summed E-state index contributed by atoms with van der Waals surface area (Å²) in [6.45, 7) is 2.97. The molecular weight excluding hydrogens is 492 g/mol. The lowest BCUT2D eigenvalue weighted by Crippen LogP contribution is -2.28. The Kier molecular flexibility index (Phi) is 8.93. The largest absolute Gasteiger partial charge is 0.497 e. The fourth-order valence-corrected chi connectivity index (χ4v) is 7.10. The van der Waals surface area contributed by atoms with Crippen molar-refractivity contribution in [2.45, 2.75) is 62.2 Å². The van der Waals surface area contributed by atoms with Gasteiger partial charge in [0.15, 0.2) is 5.75 Å². The predicted octanol–water partition coefficient (Wildman–Crippen LogP) is 6.68. The molecule has 2 aromatic carbocycles. The minimum Gasteiger partial charge on any atom is -0.497 e. The van der Waals surface area contributed by atoms with E-state index in [9.17, 15) is 8.42 Å². The first-order valence-electron chi connectivity index (χ1n) is 12.5. The Bertz CT molecular complexity index is 1240. The number of anilines is 1. The zero-order valence-electron chi connectivity index (χ0n) is 21.3. The monoisotopic (exact) mass is 528 g/mol. The molecule has 1 fully saturated rings. The third-order valence-electron chi connectivity index (χ3n) is 6.87. The topological polar surface area (TPSA) is 76.7 Å². The van der Waals surface area contributed by atoms with Crippen LogP contribution in [-0.2, 0) is 16.6 Å². The minimum atomic E-state index is -3.75. The number of methoxy groups -OCH3 is 2. The summed E-state index contributed by atoms with van der Waals surface area (Å²) in [5.74, 6) is 1.82. The number of benzene rings is 2. The lowest BCUT2D eigenvalue weighted by molar-refractivity contribution is 0.305. The lowest BCUT2D eigenvalue weighted by Gasteiger charge is -2.25. The third-order valence-corrected chi connectivity index (χ3v) is 9.63. The Morgan fingerprint density at radius 2 is 1.78 bits per heavy atom. The van der Waals surface area contributed by atoms with E-state index >= 15 is 0 Å². The molecule has 1 atom stereocenters. The van der Waals surface area contributed by atoms with Crippen LogP contribution in [-0.4, -0.2) is 28.7 Å². The van der Waals surface area contributed by atoms with Gasteiger partial charge < -0.3 is 14.8 Å². The first kappa shape index (κ1) is 26.5. The van der Waals surface area contributed by atoms with Gasteiger partial charge in [0, 0.05) is 24.2 Å². The number of thiophene rings is 1. The van der Waals surface area contributed by atoms with Gasteiger partial charge in [0.1, 0.15) is 9.96 Å². The lowest BCUT2D eigenvalue weighted by atomic mass is 9.85. The van der Waals surface area contributed by atoms with E-state index in [-0.39, 0.29) is 4.21 Å². The number of rotatable bonds is 11. The molecule has 36 heavy (non-hydrogen) atoms. The van der Waals surface area contributed by atoms with E-state index in [4.69, 9.17) is 9.47 Å². The fourth-order valence-electron chi connectivity index (χ4n) is 5.06. The molecule has 6 nitrogen and oxygen atoms in total. The highest BCUT2D eigenvalue weighted by Crippen LogP contribution is 2.42. The molecule has 2 N–H and O–H groups in total. The highest BCUT2D eigenvalue weighted by molar-refractivity contribution is 7.94. The molecular formula is C28H36N2O4S2. The summed E-state index contributed by atoms with van der Waals surface area (Å²) in [5, 5.41) is 5.45. The van der Waals surface area contributed by atoms with Gasteiger partial charge in [0.05, 0.1) is 19.9 Å². The maximum atomic E-state index is 13.0. The Labute approximate surface area is 219 Å². The zero-order chi connectivity index (χ0) is 25.5. The van der Waals surface area contributed by atoms with Crippen molar-refractivity contribution in [3.63, 3.8) is 0 Å². The molecule has 0 unspecified atom stereocenters. The predicted molar refractivity (Wildman–Crippen MR) is 148 cm³/mol. The van der Waals surface area contributed by atoms with Gasteiger partial charge in [-0.3, -0.25) is 4.72 Å². The molecule has 0 radical (unpaired) electrons. The van der Waals surface area contributed by atoms with Gasteiger partial charge in [-0.05, 0) is 47.9 Å². The summed E-state index contributed by atoms with van der Waals surface area (Å²) >= 11 is 1.17. The standard InChI is InChI=1S/C28H36N2O4S2/c1-20(16-21-10-5-4-6-11-21)29-19-22-12-7-8-13-24(22)25-17-23(33-2)18-26(28(25)34-3)30-36(31,32)27-14-9-15-35-27/h7-9,12-15,17-18,20-21,29-30H,4-6,10-11,16,19H2,1-3H3/t20-/m0/s1.